The van der Waals surface area contributed by atoms with Crippen LogP contribution in [0.1, 0.15) is 19.8 Å². The summed E-state index contributed by atoms with van der Waals surface area (Å²) in [7, 11) is -3.76. The summed E-state index contributed by atoms with van der Waals surface area (Å²) in [5.41, 5.74) is 0. The highest BCUT2D eigenvalue weighted by atomic mass is 32.2. The van der Waals surface area contributed by atoms with E-state index < -0.39 is 21.6 Å². The number of sulfone groups is 1. The number of benzene rings is 1. The zero-order valence-electron chi connectivity index (χ0n) is 10.1. The van der Waals surface area contributed by atoms with Crippen molar-refractivity contribution in [2.45, 2.75) is 24.7 Å². The Morgan fingerprint density at radius 3 is 2.39 bits per heavy atom. The van der Waals surface area contributed by atoms with Crippen LogP contribution in [0.2, 0.25) is 0 Å². The van der Waals surface area contributed by atoms with Gasteiger partial charge in [-0.25, -0.2) is 8.42 Å². The van der Waals surface area contributed by atoms with Gasteiger partial charge in [0.05, 0.1) is 11.5 Å². The Balaban J connectivity index is 2.73. The SMILES string of the molecule is CCCCOc1ccc(S(=O)(=O)CC(=O)O)cc1. The zero-order valence-corrected chi connectivity index (χ0v) is 10.9. The summed E-state index contributed by atoms with van der Waals surface area (Å²) in [6.45, 7) is 2.63. The van der Waals surface area contributed by atoms with Gasteiger partial charge in [0.15, 0.2) is 15.6 Å². The second-order valence-electron chi connectivity index (χ2n) is 3.83. The van der Waals surface area contributed by atoms with Gasteiger partial charge in [-0.2, -0.15) is 0 Å². The fourth-order valence-electron chi connectivity index (χ4n) is 1.32. The van der Waals surface area contributed by atoms with Gasteiger partial charge in [-0.15, -0.1) is 0 Å². The first-order chi connectivity index (χ1) is 8.45. The fourth-order valence-corrected chi connectivity index (χ4v) is 2.37. The van der Waals surface area contributed by atoms with Crippen LogP contribution in [-0.2, 0) is 14.6 Å². The molecule has 0 saturated heterocycles. The van der Waals surface area contributed by atoms with Gasteiger partial charge in [-0.3, -0.25) is 4.79 Å². The first kappa shape index (κ1) is 14.5. The fraction of sp³-hybridized carbons (Fsp3) is 0.417. The van der Waals surface area contributed by atoms with Crippen LogP contribution in [-0.4, -0.2) is 31.9 Å². The molecule has 1 aromatic rings. The third-order valence-corrected chi connectivity index (χ3v) is 3.88. The maximum atomic E-state index is 11.6. The molecular formula is C12H16O5S. The number of hydrogen-bond acceptors (Lipinski definition) is 4. The van der Waals surface area contributed by atoms with Gasteiger partial charge in [0.1, 0.15) is 5.75 Å². The van der Waals surface area contributed by atoms with Gasteiger partial charge in [0.2, 0.25) is 0 Å². The highest BCUT2D eigenvalue weighted by Crippen LogP contribution is 2.17. The lowest BCUT2D eigenvalue weighted by Crippen LogP contribution is -2.15. The Morgan fingerprint density at radius 1 is 1.28 bits per heavy atom. The van der Waals surface area contributed by atoms with E-state index in [0.717, 1.165) is 12.8 Å². The number of aliphatic carboxylic acids is 1. The van der Waals surface area contributed by atoms with E-state index in [4.69, 9.17) is 9.84 Å². The number of rotatable bonds is 7. The molecule has 0 spiro atoms. The molecule has 18 heavy (non-hydrogen) atoms. The second kappa shape index (κ2) is 6.39. The van der Waals surface area contributed by atoms with Crippen LogP contribution in [0, 0.1) is 0 Å². The highest BCUT2D eigenvalue weighted by molar-refractivity contribution is 7.92. The lowest BCUT2D eigenvalue weighted by molar-refractivity contribution is -0.134. The van der Waals surface area contributed by atoms with Crippen LogP contribution >= 0.6 is 0 Å². The zero-order chi connectivity index (χ0) is 13.6. The summed E-state index contributed by atoms with van der Waals surface area (Å²) in [5, 5.41) is 8.50. The predicted octanol–water partition coefficient (Wildman–Crippen LogP) is 1.72. The van der Waals surface area contributed by atoms with E-state index in [-0.39, 0.29) is 4.90 Å². The average molecular weight is 272 g/mol. The molecule has 0 atom stereocenters. The molecule has 100 valence electrons. The Kier molecular flexibility index (Phi) is 5.15. The van der Waals surface area contributed by atoms with Crippen LogP contribution in [0.15, 0.2) is 29.2 Å². The highest BCUT2D eigenvalue weighted by Gasteiger charge is 2.18. The third-order valence-electron chi connectivity index (χ3n) is 2.26. The Hall–Kier alpha value is -1.56. The van der Waals surface area contributed by atoms with Gasteiger partial charge in [-0.05, 0) is 30.7 Å². The molecule has 0 bridgehead atoms. The quantitative estimate of drug-likeness (QED) is 0.764. The van der Waals surface area contributed by atoms with Crippen molar-refractivity contribution in [3.63, 3.8) is 0 Å². The van der Waals surface area contributed by atoms with Gasteiger partial charge >= 0.3 is 5.97 Å². The summed E-state index contributed by atoms with van der Waals surface area (Å²) in [6, 6.07) is 5.79. The summed E-state index contributed by atoms with van der Waals surface area (Å²) in [4.78, 5) is 10.4. The number of carboxylic acids is 1. The van der Waals surface area contributed by atoms with E-state index >= 15 is 0 Å². The van der Waals surface area contributed by atoms with Crippen molar-refractivity contribution in [1.82, 2.24) is 0 Å². The van der Waals surface area contributed by atoms with Gasteiger partial charge in [0, 0.05) is 0 Å². The van der Waals surface area contributed by atoms with E-state index in [9.17, 15) is 13.2 Å². The molecule has 0 amide bonds. The minimum Gasteiger partial charge on any atom is -0.494 e. The van der Waals surface area contributed by atoms with Crippen molar-refractivity contribution in [2.75, 3.05) is 12.4 Å². The third kappa shape index (κ3) is 4.37. The molecular weight excluding hydrogens is 256 g/mol. The molecule has 0 aliphatic heterocycles. The molecule has 0 aromatic heterocycles. The number of unbranched alkanes of at least 4 members (excludes halogenated alkanes) is 1. The van der Waals surface area contributed by atoms with Crippen LogP contribution in [0.4, 0.5) is 0 Å². The number of carbonyl (C=O) groups is 1. The number of ether oxygens (including phenoxy) is 1. The Labute approximate surface area is 106 Å². The summed E-state index contributed by atoms with van der Waals surface area (Å²) >= 11 is 0. The standard InChI is InChI=1S/C12H16O5S/c1-2-3-8-17-10-4-6-11(7-5-10)18(15,16)9-12(13)14/h4-7H,2-3,8-9H2,1H3,(H,13,14). The first-order valence-electron chi connectivity index (χ1n) is 5.63. The van der Waals surface area contributed by atoms with Crippen molar-refractivity contribution in [1.29, 1.82) is 0 Å². The summed E-state index contributed by atoms with van der Waals surface area (Å²) in [6.07, 6.45) is 1.95. The van der Waals surface area contributed by atoms with Gasteiger partial charge < -0.3 is 9.84 Å². The van der Waals surface area contributed by atoms with Crippen molar-refractivity contribution < 1.29 is 23.1 Å². The average Bonchev–Trinajstić information content (AvgIpc) is 2.28. The molecule has 0 aliphatic carbocycles. The maximum absolute atomic E-state index is 11.6. The Morgan fingerprint density at radius 2 is 1.89 bits per heavy atom. The van der Waals surface area contributed by atoms with Crippen molar-refractivity contribution in [2.24, 2.45) is 0 Å². The van der Waals surface area contributed by atoms with Crippen LogP contribution in [0.3, 0.4) is 0 Å². The molecule has 1 N–H and O–H groups in total. The van der Waals surface area contributed by atoms with Crippen LogP contribution in [0.25, 0.3) is 0 Å². The molecule has 0 heterocycles. The van der Waals surface area contributed by atoms with Gasteiger partial charge in [0.25, 0.3) is 0 Å². The minimum atomic E-state index is -3.76. The molecule has 0 radical (unpaired) electrons. The largest absolute Gasteiger partial charge is 0.494 e. The smallest absolute Gasteiger partial charge is 0.319 e. The normalized spacial score (nSPS) is 11.2. The minimum absolute atomic E-state index is 0.00672. The summed E-state index contributed by atoms with van der Waals surface area (Å²) < 4.78 is 28.6. The summed E-state index contributed by atoms with van der Waals surface area (Å²) in [5.74, 6) is -1.68. The monoisotopic (exact) mass is 272 g/mol. The van der Waals surface area contributed by atoms with Crippen LogP contribution in [0.5, 0.6) is 5.75 Å². The van der Waals surface area contributed by atoms with Crippen LogP contribution < -0.4 is 4.74 Å². The molecule has 0 saturated carbocycles. The van der Waals surface area contributed by atoms with E-state index in [2.05, 4.69) is 0 Å². The second-order valence-corrected chi connectivity index (χ2v) is 5.82. The molecule has 0 unspecified atom stereocenters. The predicted molar refractivity (Wildman–Crippen MR) is 66.5 cm³/mol. The number of hydrogen-bond donors (Lipinski definition) is 1. The van der Waals surface area contributed by atoms with E-state index in [0.29, 0.717) is 12.4 Å². The van der Waals surface area contributed by atoms with Gasteiger partial charge in [-0.1, -0.05) is 13.3 Å². The topological polar surface area (TPSA) is 80.7 Å². The Bertz CT molecular complexity index is 490. The lowest BCUT2D eigenvalue weighted by atomic mass is 10.3. The molecule has 1 aromatic carbocycles. The lowest BCUT2D eigenvalue weighted by Gasteiger charge is -2.06. The van der Waals surface area contributed by atoms with E-state index in [1.54, 1.807) is 0 Å². The van der Waals surface area contributed by atoms with Crippen molar-refractivity contribution in [3.05, 3.63) is 24.3 Å². The van der Waals surface area contributed by atoms with Crippen molar-refractivity contribution in [3.8, 4) is 5.75 Å². The van der Waals surface area contributed by atoms with Crippen molar-refractivity contribution >= 4 is 15.8 Å². The molecule has 5 nitrogen and oxygen atoms in total. The first-order valence-corrected chi connectivity index (χ1v) is 7.28. The maximum Gasteiger partial charge on any atom is 0.319 e. The number of carboxylic acid groups (broad SMARTS) is 1. The molecule has 6 heteroatoms. The molecule has 0 aliphatic rings. The molecule has 0 fully saturated rings. The van der Waals surface area contributed by atoms with E-state index in [1.807, 2.05) is 6.92 Å². The molecule has 1 rings (SSSR count). The van der Waals surface area contributed by atoms with E-state index in [1.165, 1.54) is 24.3 Å².